The van der Waals surface area contributed by atoms with E-state index in [4.69, 9.17) is 16.3 Å². The number of aryl methyl sites for hydroxylation is 1. The van der Waals surface area contributed by atoms with Gasteiger partial charge in [-0.25, -0.2) is 4.79 Å². The van der Waals surface area contributed by atoms with Gasteiger partial charge in [-0.05, 0) is 31.5 Å². The molecule has 5 nitrogen and oxygen atoms in total. The van der Waals surface area contributed by atoms with E-state index in [9.17, 15) is 4.79 Å². The van der Waals surface area contributed by atoms with Crippen molar-refractivity contribution in [2.75, 3.05) is 17.2 Å². The Morgan fingerprint density at radius 1 is 0.897 bits per heavy atom. The first-order valence-corrected chi connectivity index (χ1v) is 15.8. The van der Waals surface area contributed by atoms with Gasteiger partial charge in [-0.1, -0.05) is 119 Å². The molecule has 1 aromatic heterocycles. The molecule has 0 fully saturated rings. The number of unbranched alkanes of at least 4 members (excludes halogenated alkanes) is 11. The molecular weight excluding hydrogens is 526 g/mol. The summed E-state index contributed by atoms with van der Waals surface area (Å²) in [5.74, 6) is 0.599. The van der Waals surface area contributed by atoms with Crippen LogP contribution in [0.25, 0.3) is 0 Å². The fourth-order valence-electron chi connectivity index (χ4n) is 4.61. The molecule has 0 spiro atoms. The van der Waals surface area contributed by atoms with Crippen LogP contribution in [0, 0.1) is 6.92 Å². The molecule has 2 N–H and O–H groups in total. The number of nitrogens with zero attached hydrogens (tertiary/aromatic N) is 1. The number of nitrogens with one attached hydrogen (secondary N) is 2. The van der Waals surface area contributed by atoms with Crippen LogP contribution in [0.4, 0.5) is 16.2 Å². The van der Waals surface area contributed by atoms with Crippen molar-refractivity contribution in [3.8, 4) is 5.75 Å². The molecular formula is C32H45ClN3O2S+. The SMILES string of the molecule is CCCCCCCCCCCCCCOc1cc(NC(=O)Nc2ccccc2C[n+]2csc(C)c2)ccc1Cl. The molecule has 0 unspecified atom stereocenters. The van der Waals surface area contributed by atoms with Gasteiger partial charge in [0.05, 0.1) is 22.2 Å². The molecule has 2 aromatic carbocycles. The van der Waals surface area contributed by atoms with Crippen molar-refractivity contribution < 1.29 is 14.1 Å². The van der Waals surface area contributed by atoms with Crippen LogP contribution in [-0.4, -0.2) is 12.6 Å². The van der Waals surface area contributed by atoms with E-state index in [1.54, 1.807) is 29.5 Å². The number of hydrogen-bond donors (Lipinski definition) is 2. The fourth-order valence-corrected chi connectivity index (χ4v) is 5.41. The van der Waals surface area contributed by atoms with Gasteiger partial charge in [-0.2, -0.15) is 4.57 Å². The highest BCUT2D eigenvalue weighted by Crippen LogP contribution is 2.28. The maximum absolute atomic E-state index is 12.8. The average Bonchev–Trinajstić information content (AvgIpc) is 3.34. The van der Waals surface area contributed by atoms with Gasteiger partial charge in [0.25, 0.3) is 0 Å². The van der Waals surface area contributed by atoms with Gasteiger partial charge in [0, 0.05) is 17.3 Å². The van der Waals surface area contributed by atoms with E-state index in [2.05, 4.69) is 40.8 Å². The zero-order chi connectivity index (χ0) is 27.7. The molecule has 0 aliphatic heterocycles. The summed E-state index contributed by atoms with van der Waals surface area (Å²) in [5.41, 5.74) is 4.54. The molecule has 0 aliphatic rings. The maximum Gasteiger partial charge on any atom is 0.323 e. The van der Waals surface area contributed by atoms with E-state index in [1.165, 1.54) is 69.1 Å². The van der Waals surface area contributed by atoms with Crippen molar-refractivity contribution >= 4 is 40.3 Å². The van der Waals surface area contributed by atoms with E-state index in [-0.39, 0.29) is 6.03 Å². The number of para-hydroxylation sites is 1. The predicted molar refractivity (Wildman–Crippen MR) is 165 cm³/mol. The molecule has 0 bridgehead atoms. The van der Waals surface area contributed by atoms with Crippen molar-refractivity contribution in [3.05, 3.63) is 69.6 Å². The smallest absolute Gasteiger partial charge is 0.323 e. The van der Waals surface area contributed by atoms with Gasteiger partial charge in [0.2, 0.25) is 5.51 Å². The van der Waals surface area contributed by atoms with Gasteiger partial charge < -0.3 is 15.4 Å². The lowest BCUT2D eigenvalue weighted by molar-refractivity contribution is -0.683. The topological polar surface area (TPSA) is 54.2 Å². The summed E-state index contributed by atoms with van der Waals surface area (Å²) in [6.07, 6.45) is 17.8. The Kier molecular flexibility index (Phi) is 14.2. The number of carbonyl (C=O) groups excluding carboxylic acids is 1. The molecule has 0 saturated heterocycles. The second kappa shape index (κ2) is 17.9. The number of amides is 2. The van der Waals surface area contributed by atoms with Gasteiger partial charge >= 0.3 is 6.03 Å². The highest BCUT2D eigenvalue weighted by Gasteiger charge is 2.13. The lowest BCUT2D eigenvalue weighted by Gasteiger charge is -2.13. The van der Waals surface area contributed by atoms with Crippen LogP contribution in [0.2, 0.25) is 5.02 Å². The number of ether oxygens (including phenoxy) is 1. The number of aromatic nitrogens is 1. The number of hydrogen-bond acceptors (Lipinski definition) is 3. The zero-order valence-corrected chi connectivity index (χ0v) is 25.2. The minimum absolute atomic E-state index is 0.303. The van der Waals surface area contributed by atoms with Crippen LogP contribution < -0.4 is 19.9 Å². The number of thiazole rings is 1. The summed E-state index contributed by atoms with van der Waals surface area (Å²) in [6.45, 7) is 5.67. The van der Waals surface area contributed by atoms with Crippen molar-refractivity contribution in [2.45, 2.75) is 97.4 Å². The van der Waals surface area contributed by atoms with Gasteiger partial charge in [0.15, 0.2) is 12.7 Å². The zero-order valence-electron chi connectivity index (χ0n) is 23.6. The monoisotopic (exact) mass is 570 g/mol. The first kappa shape index (κ1) is 31.0. The number of carbonyl (C=O) groups is 1. The Labute approximate surface area is 243 Å². The Balaban J connectivity index is 1.36. The second-order valence-electron chi connectivity index (χ2n) is 10.3. The minimum atomic E-state index is -0.303. The van der Waals surface area contributed by atoms with Crippen LogP contribution >= 0.6 is 22.9 Å². The van der Waals surface area contributed by atoms with Gasteiger partial charge in [-0.3, -0.25) is 0 Å². The number of halogens is 1. The Morgan fingerprint density at radius 3 is 2.23 bits per heavy atom. The quantitative estimate of drug-likeness (QED) is 0.118. The first-order valence-electron chi connectivity index (χ1n) is 14.6. The van der Waals surface area contributed by atoms with Crippen LogP contribution in [-0.2, 0) is 6.54 Å². The molecule has 3 aromatic rings. The fraction of sp³-hybridized carbons (Fsp3) is 0.500. The van der Waals surface area contributed by atoms with Crippen LogP contribution in [0.1, 0.15) is 94.4 Å². The molecule has 0 saturated carbocycles. The largest absolute Gasteiger partial charge is 0.492 e. The third-order valence-corrected chi connectivity index (χ3v) is 7.95. The van der Waals surface area contributed by atoms with Crippen LogP contribution in [0.3, 0.4) is 0 Å². The van der Waals surface area contributed by atoms with Crippen molar-refractivity contribution in [1.29, 1.82) is 0 Å². The van der Waals surface area contributed by atoms with Crippen molar-refractivity contribution in [1.82, 2.24) is 0 Å². The number of anilines is 2. The average molecular weight is 571 g/mol. The van der Waals surface area contributed by atoms with Crippen LogP contribution in [0.5, 0.6) is 5.75 Å². The summed E-state index contributed by atoms with van der Waals surface area (Å²) in [5, 5.41) is 6.44. The molecule has 2 amide bonds. The standard InChI is InChI=1S/C32H44ClN3O2S/c1-3-4-5-6-7-8-9-10-11-12-13-16-21-38-31-22-28(19-20-29(31)33)34-32(37)35-30-18-15-14-17-27(30)24-36-23-26(2)39-25-36/h14-15,17-20,22-23,25H,3-13,16,21,24H2,1-2H3,(H-,34,35,37)/p+1. The van der Waals surface area contributed by atoms with E-state index in [0.717, 1.165) is 24.1 Å². The molecule has 39 heavy (non-hydrogen) atoms. The summed E-state index contributed by atoms with van der Waals surface area (Å²) in [7, 11) is 0. The number of urea groups is 1. The molecule has 212 valence electrons. The van der Waals surface area contributed by atoms with E-state index in [0.29, 0.717) is 29.6 Å². The lowest BCUT2D eigenvalue weighted by Crippen LogP contribution is -2.31. The molecule has 0 atom stereocenters. The summed E-state index contributed by atoms with van der Waals surface area (Å²) in [6, 6.07) is 12.9. The minimum Gasteiger partial charge on any atom is -0.492 e. The number of rotatable bonds is 18. The Morgan fingerprint density at radius 2 is 1.56 bits per heavy atom. The lowest BCUT2D eigenvalue weighted by atomic mass is 10.1. The van der Waals surface area contributed by atoms with E-state index >= 15 is 0 Å². The Hall–Kier alpha value is -2.57. The normalized spacial score (nSPS) is 10.9. The highest BCUT2D eigenvalue weighted by atomic mass is 35.5. The third-order valence-electron chi connectivity index (χ3n) is 6.78. The van der Waals surface area contributed by atoms with Gasteiger partial charge in [-0.15, -0.1) is 0 Å². The summed E-state index contributed by atoms with van der Waals surface area (Å²) >= 11 is 8.06. The summed E-state index contributed by atoms with van der Waals surface area (Å²) < 4.78 is 8.07. The molecule has 0 aliphatic carbocycles. The van der Waals surface area contributed by atoms with E-state index in [1.807, 2.05) is 24.3 Å². The van der Waals surface area contributed by atoms with Crippen molar-refractivity contribution in [2.24, 2.45) is 0 Å². The van der Waals surface area contributed by atoms with Crippen molar-refractivity contribution in [3.63, 3.8) is 0 Å². The molecule has 1 heterocycles. The first-order chi connectivity index (χ1) is 19.0. The van der Waals surface area contributed by atoms with Gasteiger partial charge in [0.1, 0.15) is 5.75 Å². The maximum atomic E-state index is 12.8. The molecule has 7 heteroatoms. The molecule has 0 radical (unpaired) electrons. The number of benzene rings is 2. The third kappa shape index (κ3) is 12.0. The highest BCUT2D eigenvalue weighted by molar-refractivity contribution is 7.09. The Bertz CT molecular complexity index is 1130. The molecule has 3 rings (SSSR count). The van der Waals surface area contributed by atoms with E-state index < -0.39 is 0 Å². The second-order valence-corrected chi connectivity index (χ2v) is 11.8. The van der Waals surface area contributed by atoms with Crippen LogP contribution in [0.15, 0.2) is 54.2 Å². The predicted octanol–water partition coefficient (Wildman–Crippen LogP) is 9.77. The summed E-state index contributed by atoms with van der Waals surface area (Å²) in [4.78, 5) is 14.0.